The number of imidazole rings is 1. The first-order chi connectivity index (χ1) is 7.60. The van der Waals surface area contributed by atoms with Gasteiger partial charge in [-0.15, -0.1) is 0 Å². The van der Waals surface area contributed by atoms with Crippen LogP contribution in [0.5, 0.6) is 0 Å². The van der Waals surface area contributed by atoms with Crippen molar-refractivity contribution >= 4 is 11.9 Å². The highest BCUT2D eigenvalue weighted by molar-refractivity contribution is 5.55. The molecule has 0 amide bonds. The first-order valence-corrected chi connectivity index (χ1v) is 4.93. The molecule has 2 aromatic rings. The van der Waals surface area contributed by atoms with Crippen LogP contribution in [0.2, 0.25) is 0 Å². The van der Waals surface area contributed by atoms with E-state index in [0.717, 1.165) is 17.9 Å². The minimum absolute atomic E-state index is 0.1000. The molecule has 0 fully saturated rings. The summed E-state index contributed by atoms with van der Waals surface area (Å²) in [6.45, 7) is 3.91. The maximum atomic E-state index is 5.51. The average Bonchev–Trinajstić information content (AvgIpc) is 2.58. The Morgan fingerprint density at radius 3 is 2.19 bits per heavy atom. The molecule has 0 atom stereocenters. The number of hydrogen-bond acceptors (Lipinski definition) is 6. The number of nitrogens with one attached hydrogen (secondary N) is 1. The minimum Gasteiger partial charge on any atom is -0.368 e. The fourth-order valence-electron chi connectivity index (χ4n) is 1.42. The van der Waals surface area contributed by atoms with E-state index in [9.17, 15) is 0 Å². The summed E-state index contributed by atoms with van der Waals surface area (Å²) in [4.78, 5) is 19.2. The number of hydrogen-bond donors (Lipinski definition) is 3. The Kier molecular flexibility index (Phi) is 2.43. The molecule has 16 heavy (non-hydrogen) atoms. The molecule has 7 heteroatoms. The Bertz CT molecular complexity index is 496. The lowest BCUT2D eigenvalue weighted by Crippen LogP contribution is -2.04. The third kappa shape index (κ3) is 1.79. The van der Waals surface area contributed by atoms with E-state index in [0.29, 0.717) is 11.5 Å². The largest absolute Gasteiger partial charge is 0.368 e. The molecule has 0 aromatic carbocycles. The summed E-state index contributed by atoms with van der Waals surface area (Å²) in [6, 6.07) is 0. The zero-order chi connectivity index (χ0) is 11.7. The zero-order valence-corrected chi connectivity index (χ0v) is 9.15. The van der Waals surface area contributed by atoms with Gasteiger partial charge in [0.1, 0.15) is 11.5 Å². The molecule has 0 aliphatic heterocycles. The second kappa shape index (κ2) is 3.76. The normalized spacial score (nSPS) is 10.6. The highest BCUT2D eigenvalue weighted by Gasteiger charge is 2.12. The molecule has 0 saturated carbocycles. The maximum absolute atomic E-state index is 5.51. The summed E-state index contributed by atoms with van der Waals surface area (Å²) in [5.41, 5.74) is 12.6. The van der Waals surface area contributed by atoms with Crippen molar-refractivity contribution in [3.05, 3.63) is 11.5 Å². The van der Waals surface area contributed by atoms with Gasteiger partial charge in [0.25, 0.3) is 0 Å². The molecule has 2 aromatic heterocycles. The van der Waals surface area contributed by atoms with Crippen LogP contribution in [0.1, 0.15) is 18.4 Å². The van der Waals surface area contributed by atoms with E-state index in [-0.39, 0.29) is 11.9 Å². The SMILES string of the molecule is CCc1nc(-c2nc(N)nc(N)n2)c(C)[nH]1. The number of H-pyrrole nitrogens is 1. The number of rotatable bonds is 2. The molecule has 0 saturated heterocycles. The van der Waals surface area contributed by atoms with Gasteiger partial charge in [-0.2, -0.15) is 15.0 Å². The van der Waals surface area contributed by atoms with Gasteiger partial charge < -0.3 is 16.5 Å². The topological polar surface area (TPSA) is 119 Å². The van der Waals surface area contributed by atoms with Crippen molar-refractivity contribution in [3.8, 4) is 11.5 Å². The second-order valence-electron chi connectivity index (χ2n) is 3.39. The third-order valence-corrected chi connectivity index (χ3v) is 2.15. The molecule has 0 aliphatic carbocycles. The smallest absolute Gasteiger partial charge is 0.225 e. The van der Waals surface area contributed by atoms with Gasteiger partial charge in [-0.05, 0) is 6.92 Å². The van der Waals surface area contributed by atoms with Crippen LogP contribution in [0.3, 0.4) is 0 Å². The van der Waals surface area contributed by atoms with E-state index < -0.39 is 0 Å². The van der Waals surface area contributed by atoms with E-state index in [2.05, 4.69) is 24.9 Å². The molecule has 5 N–H and O–H groups in total. The first kappa shape index (κ1) is 10.3. The fourth-order valence-corrected chi connectivity index (χ4v) is 1.42. The molecule has 84 valence electrons. The quantitative estimate of drug-likeness (QED) is 0.668. The Morgan fingerprint density at radius 1 is 1.06 bits per heavy atom. The maximum Gasteiger partial charge on any atom is 0.225 e. The van der Waals surface area contributed by atoms with Gasteiger partial charge in [-0.25, -0.2) is 4.98 Å². The average molecular weight is 219 g/mol. The Balaban J connectivity index is 2.53. The Labute approximate surface area is 92.4 Å². The molecule has 0 spiro atoms. The van der Waals surface area contributed by atoms with Crippen molar-refractivity contribution in [2.24, 2.45) is 0 Å². The lowest BCUT2D eigenvalue weighted by Gasteiger charge is -1.99. The monoisotopic (exact) mass is 219 g/mol. The Hall–Kier alpha value is -2.18. The van der Waals surface area contributed by atoms with Crippen molar-refractivity contribution in [1.82, 2.24) is 24.9 Å². The third-order valence-electron chi connectivity index (χ3n) is 2.15. The van der Waals surface area contributed by atoms with Gasteiger partial charge in [0.05, 0.1) is 0 Å². The molecule has 0 unspecified atom stereocenters. The van der Waals surface area contributed by atoms with Gasteiger partial charge in [0.2, 0.25) is 11.9 Å². The van der Waals surface area contributed by atoms with Crippen LogP contribution >= 0.6 is 0 Å². The van der Waals surface area contributed by atoms with Crippen LogP contribution in [0, 0.1) is 6.92 Å². The molecule has 7 nitrogen and oxygen atoms in total. The van der Waals surface area contributed by atoms with Crippen LogP contribution in [-0.2, 0) is 6.42 Å². The van der Waals surface area contributed by atoms with Crippen LogP contribution in [0.25, 0.3) is 11.5 Å². The summed E-state index contributed by atoms with van der Waals surface area (Å²) in [6.07, 6.45) is 0.816. The van der Waals surface area contributed by atoms with Crippen molar-refractivity contribution in [2.45, 2.75) is 20.3 Å². The lowest BCUT2D eigenvalue weighted by atomic mass is 10.3. The summed E-state index contributed by atoms with van der Waals surface area (Å²) in [5, 5.41) is 0. The van der Waals surface area contributed by atoms with E-state index in [4.69, 9.17) is 11.5 Å². The van der Waals surface area contributed by atoms with Gasteiger partial charge in [-0.3, -0.25) is 0 Å². The number of aryl methyl sites for hydroxylation is 2. The summed E-state index contributed by atoms with van der Waals surface area (Å²) in [5.74, 6) is 1.48. The molecule has 0 radical (unpaired) electrons. The zero-order valence-electron chi connectivity index (χ0n) is 9.15. The van der Waals surface area contributed by atoms with Crippen molar-refractivity contribution in [2.75, 3.05) is 11.5 Å². The highest BCUT2D eigenvalue weighted by Crippen LogP contribution is 2.18. The van der Waals surface area contributed by atoms with Crippen molar-refractivity contribution in [3.63, 3.8) is 0 Å². The number of nitrogens with zero attached hydrogens (tertiary/aromatic N) is 4. The van der Waals surface area contributed by atoms with Crippen LogP contribution in [0.4, 0.5) is 11.9 Å². The lowest BCUT2D eigenvalue weighted by molar-refractivity contribution is 0.980. The molecule has 0 aliphatic rings. The first-order valence-electron chi connectivity index (χ1n) is 4.93. The second-order valence-corrected chi connectivity index (χ2v) is 3.39. The van der Waals surface area contributed by atoms with Gasteiger partial charge in [-0.1, -0.05) is 6.92 Å². The predicted molar refractivity (Wildman–Crippen MR) is 60.3 cm³/mol. The van der Waals surface area contributed by atoms with Gasteiger partial charge in [0, 0.05) is 12.1 Å². The number of aromatic nitrogens is 5. The molecular formula is C9H13N7. The van der Waals surface area contributed by atoms with E-state index in [1.165, 1.54) is 0 Å². The van der Waals surface area contributed by atoms with E-state index in [1.807, 2.05) is 13.8 Å². The summed E-state index contributed by atoms with van der Waals surface area (Å²) in [7, 11) is 0. The van der Waals surface area contributed by atoms with Crippen LogP contribution in [-0.4, -0.2) is 24.9 Å². The van der Waals surface area contributed by atoms with Crippen molar-refractivity contribution < 1.29 is 0 Å². The molecule has 2 rings (SSSR count). The Morgan fingerprint density at radius 2 is 1.69 bits per heavy atom. The number of aromatic amines is 1. The predicted octanol–water partition coefficient (Wildman–Crippen LogP) is 0.297. The van der Waals surface area contributed by atoms with Gasteiger partial charge in [0.15, 0.2) is 5.82 Å². The molecular weight excluding hydrogens is 206 g/mol. The van der Waals surface area contributed by atoms with E-state index in [1.54, 1.807) is 0 Å². The fraction of sp³-hybridized carbons (Fsp3) is 0.333. The minimum atomic E-state index is 0.1000. The van der Waals surface area contributed by atoms with Crippen LogP contribution < -0.4 is 11.5 Å². The van der Waals surface area contributed by atoms with E-state index >= 15 is 0 Å². The molecule has 0 bridgehead atoms. The van der Waals surface area contributed by atoms with Crippen LogP contribution in [0.15, 0.2) is 0 Å². The summed E-state index contributed by atoms with van der Waals surface area (Å²) >= 11 is 0. The number of nitrogens with two attached hydrogens (primary N) is 2. The molecule has 2 heterocycles. The summed E-state index contributed by atoms with van der Waals surface area (Å²) < 4.78 is 0. The van der Waals surface area contributed by atoms with Crippen molar-refractivity contribution in [1.29, 1.82) is 0 Å². The highest BCUT2D eigenvalue weighted by atomic mass is 15.2. The van der Waals surface area contributed by atoms with Gasteiger partial charge >= 0.3 is 0 Å². The number of anilines is 2. The standard InChI is InChI=1S/C9H13N7/c1-3-5-12-4(2)6(13-5)7-14-8(10)16-9(11)15-7/h3H2,1-2H3,(H,12,13)(H4,10,11,14,15,16). The number of nitrogen functional groups attached to an aromatic ring is 2.